The highest BCUT2D eigenvalue weighted by molar-refractivity contribution is 5.60. The number of hydrogen-bond donors (Lipinski definition) is 1. The van der Waals surface area contributed by atoms with Crippen LogP contribution in [0.2, 0.25) is 0 Å². The third-order valence-electron chi connectivity index (χ3n) is 3.32. The van der Waals surface area contributed by atoms with Gasteiger partial charge in [-0.2, -0.15) is 0 Å². The summed E-state index contributed by atoms with van der Waals surface area (Å²) in [7, 11) is 0. The Bertz CT molecular complexity index is 746. The lowest BCUT2D eigenvalue weighted by Gasteiger charge is -2.21. The van der Waals surface area contributed by atoms with Gasteiger partial charge in [-0.1, -0.05) is 30.3 Å². The molecule has 0 heterocycles. The number of ether oxygens (including phenoxy) is 2. The van der Waals surface area contributed by atoms with Gasteiger partial charge in [0.2, 0.25) is 0 Å². The first-order valence-electron chi connectivity index (χ1n) is 8.86. The Morgan fingerprint density at radius 1 is 0.923 bits per heavy atom. The molecule has 0 aliphatic carbocycles. The lowest BCUT2D eigenvalue weighted by molar-refractivity contribution is 0.131. The van der Waals surface area contributed by atoms with E-state index in [0.29, 0.717) is 0 Å². The second-order valence-electron chi connectivity index (χ2n) is 7.42. The smallest absolute Gasteiger partial charge is 0.120 e. The van der Waals surface area contributed by atoms with Crippen LogP contribution in [-0.4, -0.2) is 16.8 Å². The van der Waals surface area contributed by atoms with Gasteiger partial charge in [0.05, 0.1) is 6.10 Å². The molecule has 26 heavy (non-hydrogen) atoms. The van der Waals surface area contributed by atoms with Gasteiger partial charge in [-0.3, -0.25) is 0 Å². The summed E-state index contributed by atoms with van der Waals surface area (Å²) in [6.07, 6.45) is 5.98. The van der Waals surface area contributed by atoms with Crippen LogP contribution in [0.15, 0.2) is 60.4 Å². The molecule has 0 fully saturated rings. The van der Waals surface area contributed by atoms with Gasteiger partial charge in [-0.15, -0.1) is 0 Å². The molecule has 2 rings (SSSR count). The summed E-state index contributed by atoms with van der Waals surface area (Å²) in [5, 5.41) is 9.37. The lowest BCUT2D eigenvalue weighted by Crippen LogP contribution is -2.22. The zero-order valence-electron chi connectivity index (χ0n) is 16.2. The number of aromatic hydroxyl groups is 1. The average molecular weight is 352 g/mol. The van der Waals surface area contributed by atoms with Crippen LogP contribution in [0.1, 0.15) is 45.7 Å². The second kappa shape index (κ2) is 8.61. The summed E-state index contributed by atoms with van der Waals surface area (Å²) < 4.78 is 11.8. The van der Waals surface area contributed by atoms with Gasteiger partial charge in [0, 0.05) is 0 Å². The van der Waals surface area contributed by atoms with Crippen molar-refractivity contribution in [1.82, 2.24) is 0 Å². The third kappa shape index (κ3) is 7.06. The van der Waals surface area contributed by atoms with Gasteiger partial charge in [-0.05, 0) is 82.2 Å². The summed E-state index contributed by atoms with van der Waals surface area (Å²) in [6, 6.07) is 15.0. The highest BCUT2D eigenvalue weighted by Crippen LogP contribution is 2.21. The van der Waals surface area contributed by atoms with E-state index < -0.39 is 0 Å². The molecule has 3 nitrogen and oxygen atoms in total. The van der Waals surface area contributed by atoms with Crippen molar-refractivity contribution in [3.8, 4) is 11.5 Å². The molecule has 0 amide bonds. The molecule has 0 aliphatic heterocycles. The van der Waals surface area contributed by atoms with Crippen molar-refractivity contribution in [2.75, 3.05) is 0 Å². The highest BCUT2D eigenvalue weighted by atomic mass is 16.5. The monoisotopic (exact) mass is 352 g/mol. The Balaban J connectivity index is 2.18. The number of allylic oxidation sites excluding steroid dienone is 1. The van der Waals surface area contributed by atoms with Crippen molar-refractivity contribution in [1.29, 1.82) is 0 Å². The molecule has 0 saturated heterocycles. The molecule has 0 atom stereocenters. The molecule has 0 saturated carbocycles. The molecule has 3 heteroatoms. The van der Waals surface area contributed by atoms with Crippen LogP contribution < -0.4 is 4.74 Å². The summed E-state index contributed by atoms with van der Waals surface area (Å²) >= 11 is 0. The molecule has 0 radical (unpaired) electrons. The average Bonchev–Trinajstić information content (AvgIpc) is 2.54. The molecule has 0 spiro atoms. The minimum Gasteiger partial charge on any atom is -0.508 e. The minimum atomic E-state index is -0.212. The standard InChI is InChI=1S/C23H28O3/c1-17(2)25-22(15-8-18-6-11-20(24)12-7-18)16-19-9-13-21(14-10-19)26-23(3,4)5/h6-17,24H,1-5H3. The fourth-order valence-corrected chi connectivity index (χ4v) is 2.31. The zero-order chi connectivity index (χ0) is 19.2. The van der Waals surface area contributed by atoms with Gasteiger partial charge < -0.3 is 14.6 Å². The fourth-order valence-electron chi connectivity index (χ4n) is 2.31. The van der Waals surface area contributed by atoms with Crippen LogP contribution in [-0.2, 0) is 4.74 Å². The molecule has 0 aliphatic rings. The van der Waals surface area contributed by atoms with Crippen LogP contribution >= 0.6 is 0 Å². The van der Waals surface area contributed by atoms with E-state index in [1.54, 1.807) is 12.1 Å². The quantitative estimate of drug-likeness (QED) is 0.508. The largest absolute Gasteiger partial charge is 0.508 e. The Morgan fingerprint density at radius 2 is 1.50 bits per heavy atom. The normalized spacial score (nSPS) is 12.6. The maximum atomic E-state index is 9.37. The molecular weight excluding hydrogens is 324 g/mol. The summed E-state index contributed by atoms with van der Waals surface area (Å²) in [4.78, 5) is 0. The van der Waals surface area contributed by atoms with Crippen molar-refractivity contribution >= 4 is 12.2 Å². The van der Waals surface area contributed by atoms with Crippen LogP contribution in [0.3, 0.4) is 0 Å². The van der Waals surface area contributed by atoms with E-state index in [9.17, 15) is 5.11 Å². The number of rotatable bonds is 6. The van der Waals surface area contributed by atoms with E-state index in [-0.39, 0.29) is 17.5 Å². The van der Waals surface area contributed by atoms with Crippen molar-refractivity contribution < 1.29 is 14.6 Å². The van der Waals surface area contributed by atoms with E-state index >= 15 is 0 Å². The Kier molecular flexibility index (Phi) is 6.51. The SMILES string of the molecule is CC(C)OC(C=Cc1ccc(O)cc1)=Cc1ccc(OC(C)(C)C)cc1. The van der Waals surface area contributed by atoms with Gasteiger partial charge in [0.1, 0.15) is 22.9 Å². The van der Waals surface area contributed by atoms with Crippen molar-refractivity contribution in [2.45, 2.75) is 46.3 Å². The molecule has 138 valence electrons. The Hall–Kier alpha value is -2.68. The van der Waals surface area contributed by atoms with Crippen LogP contribution in [0.5, 0.6) is 11.5 Å². The van der Waals surface area contributed by atoms with Gasteiger partial charge >= 0.3 is 0 Å². The van der Waals surface area contributed by atoms with E-state index in [2.05, 4.69) is 0 Å². The van der Waals surface area contributed by atoms with E-state index in [4.69, 9.17) is 9.47 Å². The summed E-state index contributed by atoms with van der Waals surface area (Å²) in [5.74, 6) is 1.88. The lowest BCUT2D eigenvalue weighted by atomic mass is 10.1. The third-order valence-corrected chi connectivity index (χ3v) is 3.32. The molecule has 2 aromatic rings. The first kappa shape index (κ1) is 19.6. The van der Waals surface area contributed by atoms with Crippen molar-refractivity contribution in [3.63, 3.8) is 0 Å². The first-order valence-corrected chi connectivity index (χ1v) is 8.86. The van der Waals surface area contributed by atoms with E-state index in [0.717, 1.165) is 22.6 Å². The maximum Gasteiger partial charge on any atom is 0.120 e. The van der Waals surface area contributed by atoms with Gasteiger partial charge in [-0.25, -0.2) is 0 Å². The van der Waals surface area contributed by atoms with Crippen LogP contribution in [0.25, 0.3) is 12.2 Å². The predicted molar refractivity (Wildman–Crippen MR) is 108 cm³/mol. The Labute approximate surface area is 156 Å². The van der Waals surface area contributed by atoms with E-state index in [1.165, 1.54) is 0 Å². The molecule has 2 aromatic carbocycles. The van der Waals surface area contributed by atoms with Crippen molar-refractivity contribution in [2.24, 2.45) is 0 Å². The molecule has 0 aromatic heterocycles. The predicted octanol–water partition coefficient (Wildman–Crippen LogP) is 6.05. The number of benzene rings is 2. The first-order chi connectivity index (χ1) is 12.2. The summed E-state index contributed by atoms with van der Waals surface area (Å²) in [6.45, 7) is 10.1. The van der Waals surface area contributed by atoms with E-state index in [1.807, 2.05) is 89.2 Å². The maximum absolute atomic E-state index is 9.37. The molecule has 0 bridgehead atoms. The fraction of sp³-hybridized carbons (Fsp3) is 0.304. The zero-order valence-corrected chi connectivity index (χ0v) is 16.2. The number of hydrogen-bond acceptors (Lipinski definition) is 3. The minimum absolute atomic E-state index is 0.0780. The molecule has 0 unspecified atom stereocenters. The highest BCUT2D eigenvalue weighted by Gasteiger charge is 2.11. The topological polar surface area (TPSA) is 38.7 Å². The number of phenolic OH excluding ortho intramolecular Hbond substituents is 1. The second-order valence-corrected chi connectivity index (χ2v) is 7.42. The van der Waals surface area contributed by atoms with Gasteiger partial charge in [0.25, 0.3) is 0 Å². The van der Waals surface area contributed by atoms with Crippen molar-refractivity contribution in [3.05, 3.63) is 71.5 Å². The molecule has 1 N–H and O–H groups in total. The Morgan fingerprint density at radius 3 is 2.04 bits per heavy atom. The summed E-state index contributed by atoms with van der Waals surface area (Å²) in [5.41, 5.74) is 1.82. The number of phenols is 1. The molecular formula is C23H28O3. The van der Waals surface area contributed by atoms with Crippen LogP contribution in [0, 0.1) is 0 Å². The van der Waals surface area contributed by atoms with Crippen LogP contribution in [0.4, 0.5) is 0 Å². The van der Waals surface area contributed by atoms with Gasteiger partial charge in [0.15, 0.2) is 0 Å².